The molecule has 0 aliphatic heterocycles. The molecule has 0 amide bonds. The van der Waals surface area contributed by atoms with E-state index in [9.17, 15) is 0 Å². The third-order valence-corrected chi connectivity index (χ3v) is 72.1. The maximum absolute atomic E-state index is 7.00. The topological polar surface area (TPSA) is 111 Å². The number of allylic oxidation sites excluding steroid dienone is 1. The van der Waals surface area contributed by atoms with E-state index < -0.39 is 35.2 Å². The minimum absolute atomic E-state index is 0.185. The molecule has 9 aliphatic carbocycles. The quantitative estimate of drug-likeness (QED) is 0.0249. The summed E-state index contributed by atoms with van der Waals surface area (Å²) in [6, 6.07) is 0. The van der Waals surface area contributed by atoms with E-state index in [2.05, 4.69) is 169 Å². The van der Waals surface area contributed by atoms with Crippen molar-refractivity contribution in [3.05, 3.63) is 9.81 Å². The van der Waals surface area contributed by atoms with Gasteiger partial charge in [-0.05, 0) is 327 Å². The molecule has 9 aliphatic rings. The van der Waals surface area contributed by atoms with Gasteiger partial charge < -0.3 is 53.1 Å². The summed E-state index contributed by atoms with van der Waals surface area (Å²) in [6.45, 7) is 32.8. The molecule has 8 fully saturated rings. The number of hydrogen-bond donors (Lipinski definition) is 0. The Labute approximate surface area is 647 Å². The SMILES string of the molecule is CCO[Si](OCC)(OCC)C1(SSSSC2=C(SSSSC3([Si](OCC)(OCC)OCC)CC4CCC3C4)C(SSSSC3([Si](OCC)(OCC)OCC)CC4CCC3C4)(SSSSC3([Si](OCC)(OCC)OCC)CC4CCC3C4)CCCCCCCCC2)CC2CCC1C2. The molecular weight excluding hydrogens is 1590 g/mol. The molecule has 0 spiro atoms. The molecule has 0 radical (unpaired) electrons. The van der Waals surface area contributed by atoms with Crippen LogP contribution in [0.1, 0.15) is 244 Å². The Balaban J connectivity index is 1.13. The van der Waals surface area contributed by atoms with Crippen LogP contribution in [0.4, 0.5) is 0 Å². The molecule has 96 heavy (non-hydrogen) atoms. The lowest BCUT2D eigenvalue weighted by Crippen LogP contribution is -2.65. The van der Waals surface area contributed by atoms with Gasteiger partial charge in [0.05, 0.1) is 0 Å². The molecule has 0 aromatic heterocycles. The molecule has 0 heterocycles. The van der Waals surface area contributed by atoms with Gasteiger partial charge in [0, 0.05) is 89.1 Å². The van der Waals surface area contributed by atoms with Crippen LogP contribution in [0, 0.1) is 47.3 Å². The van der Waals surface area contributed by atoms with Gasteiger partial charge >= 0.3 is 35.2 Å². The van der Waals surface area contributed by atoms with Crippen LogP contribution in [-0.2, 0) is 53.1 Å². The highest BCUT2D eigenvalue weighted by atomic mass is 33.7. The summed E-state index contributed by atoms with van der Waals surface area (Å²) in [5.74, 6) is 4.81. The van der Waals surface area contributed by atoms with Gasteiger partial charge in [-0.2, -0.15) is 0 Å². The fourth-order valence-corrected chi connectivity index (χ4v) is 76.6. The molecule has 12 atom stereocenters. The van der Waals surface area contributed by atoms with E-state index in [0.29, 0.717) is 127 Å². The standard InChI is InChI=1S/C64H118O12S16Si4/c1-13-65-93(66-14-2,67-15-3)61(46-50-33-37-54(61)42-50)81-89-85-77-58-32-30-28-26-25-27-29-31-41-60(79-87-91-83-63(48-52-35-39-56(63)44-52)95(71-19-7,72-20-8)73-21-9,80-88-92-84-64(49-53-36-40-57(64)45-53)96(74-22-10,75-23-11)76-24-12)59(58)78-86-90-82-62(47-51-34-38-55(62)43-51)94(68-16-4,69-17-5)70-18-6/h50-57H,13-49H2,1-12H3. The molecule has 9 rings (SSSR count). The molecule has 0 N–H and O–H groups in total. The zero-order chi connectivity index (χ0) is 68.2. The van der Waals surface area contributed by atoms with Crippen LogP contribution in [0.3, 0.4) is 0 Å². The van der Waals surface area contributed by atoms with Gasteiger partial charge in [0.2, 0.25) is 0 Å². The van der Waals surface area contributed by atoms with Crippen molar-refractivity contribution in [2.45, 2.75) is 265 Å². The van der Waals surface area contributed by atoms with Crippen LogP contribution in [0.15, 0.2) is 9.81 Å². The van der Waals surface area contributed by atoms with Crippen molar-refractivity contribution in [2.24, 2.45) is 47.3 Å². The van der Waals surface area contributed by atoms with Crippen molar-refractivity contribution in [3.8, 4) is 0 Å². The predicted molar refractivity (Wildman–Crippen MR) is 448 cm³/mol. The lowest BCUT2D eigenvalue weighted by atomic mass is 9.99. The monoisotopic (exact) mass is 1700 g/mol. The third-order valence-electron chi connectivity index (χ3n) is 21.7. The van der Waals surface area contributed by atoms with Crippen LogP contribution >= 0.6 is 165 Å². The summed E-state index contributed by atoms with van der Waals surface area (Å²) < 4.78 is 82.7. The average Bonchev–Trinajstić information content (AvgIpc) is 1.59. The van der Waals surface area contributed by atoms with Crippen molar-refractivity contribution >= 4 is 200 Å². The Kier molecular flexibility index (Phi) is 37.4. The average molecular weight is 1710 g/mol. The first-order chi connectivity index (χ1) is 46.8. The molecule has 0 aromatic rings. The van der Waals surface area contributed by atoms with Gasteiger partial charge in [-0.25, -0.2) is 0 Å². The van der Waals surface area contributed by atoms with E-state index in [0.717, 1.165) is 44.9 Å². The number of rotatable bonds is 48. The lowest BCUT2D eigenvalue weighted by Gasteiger charge is -2.47. The molecule has 12 unspecified atom stereocenters. The van der Waals surface area contributed by atoms with Crippen LogP contribution in [0.2, 0.25) is 0 Å². The summed E-state index contributed by atoms with van der Waals surface area (Å²) in [4.78, 5) is 3.07. The van der Waals surface area contributed by atoms with Crippen molar-refractivity contribution in [2.75, 3.05) is 79.3 Å². The number of fused-ring (bicyclic) bond motifs is 8. The normalized spacial score (nSPS) is 33.4. The fourth-order valence-electron chi connectivity index (χ4n) is 18.3. The first-order valence-electron chi connectivity index (χ1n) is 37.0. The van der Waals surface area contributed by atoms with Crippen LogP contribution in [0.25, 0.3) is 0 Å². The maximum Gasteiger partial charge on any atom is 0.519 e. The summed E-state index contributed by atoms with van der Waals surface area (Å²) >= 11 is 0. The fraction of sp³-hybridized carbons (Fsp3) is 0.969. The molecule has 8 bridgehead atoms. The van der Waals surface area contributed by atoms with E-state index in [-0.39, 0.29) is 21.6 Å². The van der Waals surface area contributed by atoms with Crippen LogP contribution in [-0.4, -0.2) is 136 Å². The highest BCUT2D eigenvalue weighted by Crippen LogP contribution is 2.75. The highest BCUT2D eigenvalue weighted by Gasteiger charge is 2.74. The molecule has 558 valence electrons. The van der Waals surface area contributed by atoms with Crippen molar-refractivity contribution in [1.29, 1.82) is 0 Å². The van der Waals surface area contributed by atoms with Crippen molar-refractivity contribution in [3.63, 3.8) is 0 Å². The molecular formula is C64H118O12S16Si4. The Morgan fingerprint density at radius 3 is 0.802 bits per heavy atom. The second-order valence-corrected chi connectivity index (χ2v) is 64.9. The second-order valence-electron chi connectivity index (χ2n) is 27.0. The summed E-state index contributed by atoms with van der Waals surface area (Å²) in [5, 5.41) is 0. The largest absolute Gasteiger partial charge is 0.519 e. The Morgan fingerprint density at radius 1 is 0.292 bits per heavy atom. The van der Waals surface area contributed by atoms with E-state index in [4.69, 9.17) is 53.1 Å². The van der Waals surface area contributed by atoms with E-state index in [1.807, 2.05) is 78.6 Å². The van der Waals surface area contributed by atoms with Gasteiger partial charge in [0.25, 0.3) is 0 Å². The third kappa shape index (κ3) is 18.9. The molecule has 8 saturated carbocycles. The first-order valence-corrected chi connectivity index (χ1v) is 63.1. The van der Waals surface area contributed by atoms with Crippen LogP contribution in [0.5, 0.6) is 0 Å². The van der Waals surface area contributed by atoms with E-state index in [1.165, 1.54) is 125 Å². The molecule has 32 heteroatoms. The minimum atomic E-state index is -3.16. The summed E-state index contributed by atoms with van der Waals surface area (Å²) in [7, 11) is 20.2. The Morgan fingerprint density at radius 2 is 0.542 bits per heavy atom. The van der Waals surface area contributed by atoms with Crippen LogP contribution < -0.4 is 0 Å². The van der Waals surface area contributed by atoms with Gasteiger partial charge in [-0.1, -0.05) is 129 Å². The Hall–Kier alpha value is 5.73. The van der Waals surface area contributed by atoms with E-state index >= 15 is 0 Å². The molecule has 12 nitrogen and oxygen atoms in total. The molecule has 0 saturated heterocycles. The second kappa shape index (κ2) is 41.8. The van der Waals surface area contributed by atoms with E-state index in [1.54, 1.807) is 0 Å². The van der Waals surface area contributed by atoms with Gasteiger partial charge in [0.15, 0.2) is 0 Å². The summed E-state index contributed by atoms with van der Waals surface area (Å²) in [6.07, 6.45) is 30.3. The number of hydrogen-bond acceptors (Lipinski definition) is 28. The molecule has 0 aromatic carbocycles. The Bertz CT molecular complexity index is 2220. The smallest absolute Gasteiger partial charge is 0.373 e. The predicted octanol–water partition coefficient (Wildman–Crippen LogP) is 24.7. The zero-order valence-corrected chi connectivity index (χ0v) is 76.8. The lowest BCUT2D eigenvalue weighted by molar-refractivity contribution is 0.0494. The van der Waals surface area contributed by atoms with Gasteiger partial charge in [-0.15, -0.1) is 0 Å². The van der Waals surface area contributed by atoms with Crippen molar-refractivity contribution in [1.82, 2.24) is 0 Å². The summed E-state index contributed by atoms with van der Waals surface area (Å²) in [5.41, 5.74) is 0. The van der Waals surface area contributed by atoms with Gasteiger partial charge in [0.1, 0.15) is 21.6 Å². The highest BCUT2D eigenvalue weighted by molar-refractivity contribution is 9.30. The first kappa shape index (κ1) is 85.7. The zero-order valence-electron chi connectivity index (χ0n) is 59.7. The maximum atomic E-state index is 7.00. The van der Waals surface area contributed by atoms with Crippen molar-refractivity contribution < 1.29 is 53.1 Å². The van der Waals surface area contributed by atoms with Gasteiger partial charge in [-0.3, -0.25) is 0 Å². The minimum Gasteiger partial charge on any atom is -0.373 e.